The van der Waals surface area contributed by atoms with E-state index < -0.39 is 18.1 Å². The number of allylic oxidation sites excluding steroid dienone is 18. The predicted octanol–water partition coefficient (Wildman–Crippen LogP) is 15.2. The van der Waals surface area contributed by atoms with Crippen molar-refractivity contribution in [1.82, 2.24) is 0 Å². The Bertz CT molecular complexity index is 1440. The van der Waals surface area contributed by atoms with Gasteiger partial charge in [0.1, 0.15) is 6.61 Å². The van der Waals surface area contributed by atoms with Gasteiger partial charge < -0.3 is 23.8 Å². The molecule has 0 aliphatic carbocycles. The van der Waals surface area contributed by atoms with Crippen molar-refractivity contribution < 1.29 is 38.2 Å². The summed E-state index contributed by atoms with van der Waals surface area (Å²) in [6, 6.07) is -0.633. The molecule has 0 rings (SSSR count). The quantitative estimate of drug-likeness (QED) is 0.0281. The molecular formula is C58H96NO7+. The number of unbranched alkanes of at least 4 members (excludes halogenated alkanes) is 13. The average Bonchev–Trinajstić information content (AvgIpc) is 3.28. The summed E-state index contributed by atoms with van der Waals surface area (Å²) in [4.78, 5) is 37.2. The lowest BCUT2D eigenvalue weighted by atomic mass is 10.1. The number of carboxylic acid groups (broad SMARTS) is 1. The Kier molecular flexibility index (Phi) is 44.6. The number of esters is 2. The molecule has 0 aromatic rings. The molecule has 0 heterocycles. The second-order valence-electron chi connectivity index (χ2n) is 18.0. The van der Waals surface area contributed by atoms with Gasteiger partial charge in [-0.15, -0.1) is 0 Å². The maximum absolute atomic E-state index is 12.8. The van der Waals surface area contributed by atoms with Crippen LogP contribution < -0.4 is 0 Å². The summed E-state index contributed by atoms with van der Waals surface area (Å²) in [5.74, 6) is -1.56. The molecule has 1 N–H and O–H groups in total. The highest BCUT2D eigenvalue weighted by atomic mass is 16.6. The van der Waals surface area contributed by atoms with Crippen LogP contribution in [0.3, 0.4) is 0 Å². The third kappa shape index (κ3) is 45.2. The lowest BCUT2D eigenvalue weighted by molar-refractivity contribution is -0.887. The third-order valence-electron chi connectivity index (χ3n) is 10.9. The Balaban J connectivity index is 4.37. The number of hydrogen-bond acceptors (Lipinski definition) is 6. The van der Waals surface area contributed by atoms with Crippen molar-refractivity contribution in [1.29, 1.82) is 0 Å². The van der Waals surface area contributed by atoms with Gasteiger partial charge in [-0.05, 0) is 96.3 Å². The van der Waals surface area contributed by atoms with Crippen LogP contribution in [0, 0.1) is 0 Å². The standard InChI is InChI=1S/C58H95NO7/c1-6-8-10-12-14-16-18-20-22-24-26-28-29-31-32-34-36-38-40-42-44-46-48-56(60)65-53-54(52-64-51-50-55(58(62)63)59(3,4)5)66-57(61)49-47-45-43-41-39-37-35-33-30-27-25-23-21-19-17-15-13-11-9-7-2/h9,11,14-17,20-23,26-28,30,35,37,41,43,54-55H,6-8,10,12-13,18-19,24-25,29,31-34,36,38-40,42,44-53H2,1-5H3/p+1/b11-9+,16-14+,17-15+,22-20+,23-21+,28-26+,30-27+,37-35+,43-41+. The zero-order valence-corrected chi connectivity index (χ0v) is 42.6. The number of carbonyl (C=O) groups is 3. The summed E-state index contributed by atoms with van der Waals surface area (Å²) in [5, 5.41) is 9.66. The first-order valence-corrected chi connectivity index (χ1v) is 25.9. The third-order valence-corrected chi connectivity index (χ3v) is 10.9. The topological polar surface area (TPSA) is 99.1 Å². The van der Waals surface area contributed by atoms with E-state index in [2.05, 4.69) is 123 Å². The molecule has 0 fully saturated rings. The van der Waals surface area contributed by atoms with Crippen LogP contribution in [0.5, 0.6) is 0 Å². The maximum Gasteiger partial charge on any atom is 0.362 e. The molecule has 8 nitrogen and oxygen atoms in total. The Labute approximate surface area is 404 Å². The second kappa shape index (κ2) is 47.5. The minimum Gasteiger partial charge on any atom is -0.477 e. The molecule has 2 atom stereocenters. The van der Waals surface area contributed by atoms with Gasteiger partial charge in [-0.25, -0.2) is 4.79 Å². The molecule has 0 radical (unpaired) electrons. The van der Waals surface area contributed by atoms with Crippen molar-refractivity contribution in [2.45, 2.75) is 199 Å². The van der Waals surface area contributed by atoms with E-state index in [1.807, 2.05) is 21.1 Å². The van der Waals surface area contributed by atoms with E-state index in [0.29, 0.717) is 19.3 Å². The van der Waals surface area contributed by atoms with Crippen molar-refractivity contribution in [3.05, 3.63) is 109 Å². The van der Waals surface area contributed by atoms with Gasteiger partial charge in [-0.3, -0.25) is 9.59 Å². The molecule has 0 aromatic heterocycles. The van der Waals surface area contributed by atoms with Crippen molar-refractivity contribution >= 4 is 17.9 Å². The number of hydrogen-bond donors (Lipinski definition) is 1. The number of aliphatic carboxylic acids is 1. The number of ether oxygens (including phenoxy) is 3. The molecule has 0 aliphatic rings. The summed E-state index contributed by atoms with van der Waals surface area (Å²) in [6.07, 6.45) is 65.7. The van der Waals surface area contributed by atoms with Crippen LogP contribution in [0.15, 0.2) is 109 Å². The summed E-state index contributed by atoms with van der Waals surface area (Å²) in [6.45, 7) is 4.52. The Morgan fingerprint density at radius 3 is 1.30 bits per heavy atom. The lowest BCUT2D eigenvalue weighted by Crippen LogP contribution is -2.50. The molecule has 0 saturated heterocycles. The fourth-order valence-electron chi connectivity index (χ4n) is 6.93. The zero-order valence-electron chi connectivity index (χ0n) is 42.6. The van der Waals surface area contributed by atoms with Gasteiger partial charge in [0, 0.05) is 19.3 Å². The minimum absolute atomic E-state index is 0.0293. The molecule has 8 heteroatoms. The number of likely N-dealkylation sites (N-methyl/N-ethyl adjacent to an activating group) is 1. The van der Waals surface area contributed by atoms with Crippen molar-refractivity contribution in [2.75, 3.05) is 41.0 Å². The van der Waals surface area contributed by atoms with Crippen molar-refractivity contribution in [3.8, 4) is 0 Å². The van der Waals surface area contributed by atoms with Gasteiger partial charge in [0.05, 0.1) is 34.4 Å². The van der Waals surface area contributed by atoms with Crippen LogP contribution in [0.4, 0.5) is 0 Å². The monoisotopic (exact) mass is 919 g/mol. The van der Waals surface area contributed by atoms with Gasteiger partial charge in [-0.1, -0.05) is 181 Å². The Morgan fingerprint density at radius 2 is 0.864 bits per heavy atom. The van der Waals surface area contributed by atoms with Crippen LogP contribution in [0.2, 0.25) is 0 Å². The summed E-state index contributed by atoms with van der Waals surface area (Å²) < 4.78 is 17.3. The molecule has 0 bridgehead atoms. The fraction of sp³-hybridized carbons (Fsp3) is 0.638. The summed E-state index contributed by atoms with van der Waals surface area (Å²) >= 11 is 0. The van der Waals surface area contributed by atoms with E-state index in [4.69, 9.17) is 14.2 Å². The SMILES string of the molecule is CC/C=C/C/C=C/C/C=C/C/C=C/C/C=C/C/C=C/CCCC(=O)OC(COCCC(C(=O)O)[N+](C)(C)C)COC(=O)CCCCCCCCCCC/C=C/C/C=C/C/C=C/CCCCC. The highest BCUT2D eigenvalue weighted by Crippen LogP contribution is 2.14. The van der Waals surface area contributed by atoms with Crippen LogP contribution in [0.1, 0.15) is 187 Å². The van der Waals surface area contributed by atoms with E-state index in [0.717, 1.165) is 83.5 Å². The number of quaternary nitrogens is 1. The maximum atomic E-state index is 12.8. The first-order chi connectivity index (χ1) is 32.1. The zero-order chi connectivity index (χ0) is 48.4. The van der Waals surface area contributed by atoms with Gasteiger partial charge in [-0.2, -0.15) is 0 Å². The number of rotatable bonds is 45. The summed E-state index contributed by atoms with van der Waals surface area (Å²) in [7, 11) is 5.50. The van der Waals surface area contributed by atoms with E-state index in [-0.39, 0.29) is 42.7 Å². The average molecular weight is 919 g/mol. The second-order valence-corrected chi connectivity index (χ2v) is 18.0. The molecule has 0 amide bonds. The predicted molar refractivity (Wildman–Crippen MR) is 279 cm³/mol. The first-order valence-electron chi connectivity index (χ1n) is 25.9. The Hall–Kier alpha value is -4.01. The van der Waals surface area contributed by atoms with Crippen LogP contribution >= 0.6 is 0 Å². The molecule has 0 saturated carbocycles. The highest BCUT2D eigenvalue weighted by Gasteiger charge is 2.31. The van der Waals surface area contributed by atoms with E-state index in [1.165, 1.54) is 64.2 Å². The highest BCUT2D eigenvalue weighted by molar-refractivity contribution is 5.72. The van der Waals surface area contributed by atoms with Crippen molar-refractivity contribution in [2.24, 2.45) is 0 Å². The molecule has 0 aromatic carbocycles. The molecular weight excluding hydrogens is 823 g/mol. The van der Waals surface area contributed by atoms with Crippen molar-refractivity contribution in [3.63, 3.8) is 0 Å². The lowest BCUT2D eigenvalue weighted by Gasteiger charge is -2.31. The number of nitrogens with zero attached hydrogens (tertiary/aromatic N) is 1. The van der Waals surface area contributed by atoms with Crippen LogP contribution in [-0.2, 0) is 28.6 Å². The molecule has 374 valence electrons. The Morgan fingerprint density at radius 1 is 0.470 bits per heavy atom. The molecule has 2 unspecified atom stereocenters. The minimum atomic E-state index is -0.889. The van der Waals surface area contributed by atoms with Gasteiger partial charge in [0.2, 0.25) is 0 Å². The van der Waals surface area contributed by atoms with Gasteiger partial charge in [0.25, 0.3) is 0 Å². The number of carbonyl (C=O) groups excluding carboxylic acids is 2. The smallest absolute Gasteiger partial charge is 0.362 e. The fourth-order valence-corrected chi connectivity index (χ4v) is 6.93. The van der Waals surface area contributed by atoms with E-state index in [1.54, 1.807) is 0 Å². The van der Waals surface area contributed by atoms with Gasteiger partial charge in [0.15, 0.2) is 12.1 Å². The summed E-state index contributed by atoms with van der Waals surface area (Å²) in [5.41, 5.74) is 0. The normalized spacial score (nSPS) is 13.8. The molecule has 0 aliphatic heterocycles. The van der Waals surface area contributed by atoms with E-state index >= 15 is 0 Å². The molecule has 0 spiro atoms. The first kappa shape index (κ1) is 62.0. The largest absolute Gasteiger partial charge is 0.477 e. The van der Waals surface area contributed by atoms with E-state index in [9.17, 15) is 19.5 Å². The van der Waals surface area contributed by atoms with Gasteiger partial charge >= 0.3 is 17.9 Å². The van der Waals surface area contributed by atoms with Crippen LogP contribution in [0.25, 0.3) is 0 Å². The number of carboxylic acids is 1. The molecule has 66 heavy (non-hydrogen) atoms. The van der Waals surface area contributed by atoms with Crippen LogP contribution in [-0.4, -0.2) is 80.6 Å².